The Morgan fingerprint density at radius 3 is 2.88 bits per heavy atom. The maximum atomic E-state index is 11.6. The number of carbonyl (C=O) groups excluding carboxylic acids is 1. The number of nitro groups is 1. The number of amides is 1. The van der Waals surface area contributed by atoms with Gasteiger partial charge in [-0.05, 0) is 6.07 Å². The maximum Gasteiger partial charge on any atom is 0.329 e. The molecule has 2 heterocycles. The minimum atomic E-state index is -0.651. The number of hydrogen-bond donors (Lipinski definition) is 1. The second kappa shape index (κ2) is 4.27. The number of anilines is 1. The molecule has 1 unspecified atom stereocenters. The molecule has 1 aliphatic rings. The van der Waals surface area contributed by atoms with Gasteiger partial charge in [-0.2, -0.15) is 0 Å². The van der Waals surface area contributed by atoms with E-state index in [1.165, 1.54) is 17.2 Å². The van der Waals surface area contributed by atoms with E-state index in [-0.39, 0.29) is 41.4 Å². The van der Waals surface area contributed by atoms with Crippen LogP contribution in [0.2, 0.25) is 5.15 Å². The summed E-state index contributed by atoms with van der Waals surface area (Å²) in [5.41, 5.74) is 5.42. The molecule has 0 spiro atoms. The van der Waals surface area contributed by atoms with Crippen LogP contribution in [0.15, 0.2) is 12.3 Å². The number of hydrogen-bond acceptors (Lipinski definition) is 5. The highest BCUT2D eigenvalue weighted by atomic mass is 35.5. The Balaban J connectivity index is 2.49. The third-order valence-electron chi connectivity index (χ3n) is 2.49. The third kappa shape index (κ3) is 2.06. The zero-order chi connectivity index (χ0) is 12.6. The van der Waals surface area contributed by atoms with Crippen LogP contribution in [-0.2, 0) is 4.79 Å². The Morgan fingerprint density at radius 2 is 2.35 bits per heavy atom. The largest absolute Gasteiger partial charge is 0.329 e. The molecule has 1 amide bonds. The molecule has 8 heteroatoms. The second-order valence-electron chi connectivity index (χ2n) is 3.70. The first-order chi connectivity index (χ1) is 8.00. The molecular formula is C9H9ClN4O3. The molecule has 2 rings (SSSR count). The third-order valence-corrected chi connectivity index (χ3v) is 2.76. The van der Waals surface area contributed by atoms with Crippen LogP contribution in [0.1, 0.15) is 6.42 Å². The van der Waals surface area contributed by atoms with Gasteiger partial charge in [0.05, 0.1) is 4.92 Å². The highest BCUT2D eigenvalue weighted by Gasteiger charge is 2.33. The first-order valence-corrected chi connectivity index (χ1v) is 5.23. The number of aromatic nitrogens is 1. The van der Waals surface area contributed by atoms with Gasteiger partial charge in [0.25, 0.3) is 0 Å². The van der Waals surface area contributed by atoms with E-state index < -0.39 is 4.92 Å². The van der Waals surface area contributed by atoms with Crippen LogP contribution in [-0.4, -0.2) is 28.4 Å². The Bertz CT molecular complexity index is 493. The molecule has 1 fully saturated rings. The summed E-state index contributed by atoms with van der Waals surface area (Å²) < 4.78 is 0. The zero-order valence-corrected chi connectivity index (χ0v) is 9.42. The summed E-state index contributed by atoms with van der Waals surface area (Å²) in [7, 11) is 0. The van der Waals surface area contributed by atoms with E-state index in [1.807, 2.05) is 0 Å². The van der Waals surface area contributed by atoms with E-state index in [4.69, 9.17) is 17.3 Å². The number of nitrogens with zero attached hydrogens (tertiary/aromatic N) is 3. The molecule has 0 radical (unpaired) electrons. The first kappa shape index (κ1) is 11.7. The van der Waals surface area contributed by atoms with Gasteiger partial charge in [0, 0.05) is 25.2 Å². The van der Waals surface area contributed by atoms with Crippen molar-refractivity contribution < 1.29 is 9.72 Å². The van der Waals surface area contributed by atoms with Crippen LogP contribution >= 0.6 is 11.6 Å². The monoisotopic (exact) mass is 256 g/mol. The highest BCUT2D eigenvalue weighted by Crippen LogP contribution is 2.35. The molecule has 7 nitrogen and oxygen atoms in total. The number of carbonyl (C=O) groups is 1. The molecule has 0 aromatic carbocycles. The number of pyridine rings is 1. The summed E-state index contributed by atoms with van der Waals surface area (Å²) in [6.45, 7) is 0.250. The lowest BCUT2D eigenvalue weighted by Gasteiger charge is -2.15. The lowest BCUT2D eigenvalue weighted by atomic mass is 10.3. The highest BCUT2D eigenvalue weighted by molar-refractivity contribution is 6.32. The summed E-state index contributed by atoms with van der Waals surface area (Å²) in [4.78, 5) is 26.8. The number of nitrogens with two attached hydrogens (primary N) is 1. The number of rotatable bonds is 2. The van der Waals surface area contributed by atoms with Crippen molar-refractivity contribution in [1.29, 1.82) is 0 Å². The summed E-state index contributed by atoms with van der Waals surface area (Å²) in [6.07, 6.45) is 1.50. The van der Waals surface area contributed by atoms with Gasteiger partial charge in [-0.3, -0.25) is 14.9 Å². The van der Waals surface area contributed by atoms with Crippen molar-refractivity contribution in [3.63, 3.8) is 0 Å². The molecule has 0 aliphatic carbocycles. The van der Waals surface area contributed by atoms with Crippen molar-refractivity contribution in [2.45, 2.75) is 12.5 Å². The van der Waals surface area contributed by atoms with Crippen LogP contribution in [0, 0.1) is 10.1 Å². The SMILES string of the molecule is NC1CC(=O)N(c2ccnc(Cl)c2[N+](=O)[O-])C1. The fraction of sp³-hybridized carbons (Fsp3) is 0.333. The standard InChI is InChI=1S/C9H9ClN4O3/c10-9-8(14(16)17)6(1-2-12-9)13-4-5(11)3-7(13)15/h1-2,5H,3-4,11H2. The van der Waals surface area contributed by atoms with Gasteiger partial charge >= 0.3 is 5.69 Å². The van der Waals surface area contributed by atoms with E-state index in [2.05, 4.69) is 4.98 Å². The molecule has 90 valence electrons. The molecule has 1 aromatic rings. The topological polar surface area (TPSA) is 102 Å². The fourth-order valence-electron chi connectivity index (χ4n) is 1.77. The van der Waals surface area contributed by atoms with Crippen LogP contribution in [0.3, 0.4) is 0 Å². The maximum absolute atomic E-state index is 11.6. The predicted molar refractivity (Wildman–Crippen MR) is 60.8 cm³/mol. The van der Waals surface area contributed by atoms with Gasteiger partial charge in [-0.25, -0.2) is 4.98 Å². The zero-order valence-electron chi connectivity index (χ0n) is 8.67. The Morgan fingerprint density at radius 1 is 1.65 bits per heavy atom. The van der Waals surface area contributed by atoms with Crippen molar-refractivity contribution in [2.75, 3.05) is 11.4 Å². The van der Waals surface area contributed by atoms with Crippen LogP contribution in [0.25, 0.3) is 0 Å². The lowest BCUT2D eigenvalue weighted by molar-refractivity contribution is -0.384. The molecule has 1 saturated heterocycles. The van der Waals surface area contributed by atoms with Crippen molar-refractivity contribution >= 4 is 28.9 Å². The number of halogens is 1. The average molecular weight is 257 g/mol. The second-order valence-corrected chi connectivity index (χ2v) is 4.05. The van der Waals surface area contributed by atoms with Crippen molar-refractivity contribution in [2.24, 2.45) is 5.73 Å². The van der Waals surface area contributed by atoms with E-state index in [0.717, 1.165) is 0 Å². The van der Waals surface area contributed by atoms with Gasteiger partial charge in [-0.1, -0.05) is 11.6 Å². The molecule has 17 heavy (non-hydrogen) atoms. The summed E-state index contributed by atoms with van der Waals surface area (Å²) in [5.74, 6) is -0.247. The molecular weight excluding hydrogens is 248 g/mol. The summed E-state index contributed by atoms with van der Waals surface area (Å²) >= 11 is 5.66. The van der Waals surface area contributed by atoms with Crippen molar-refractivity contribution in [3.8, 4) is 0 Å². The van der Waals surface area contributed by atoms with Gasteiger partial charge < -0.3 is 10.6 Å². The van der Waals surface area contributed by atoms with Crippen LogP contribution in [0.4, 0.5) is 11.4 Å². The van der Waals surface area contributed by atoms with Crippen LogP contribution < -0.4 is 10.6 Å². The van der Waals surface area contributed by atoms with Crippen molar-refractivity contribution in [3.05, 3.63) is 27.5 Å². The first-order valence-electron chi connectivity index (χ1n) is 4.85. The molecule has 0 bridgehead atoms. The van der Waals surface area contributed by atoms with Gasteiger partial charge in [0.2, 0.25) is 11.1 Å². The van der Waals surface area contributed by atoms with E-state index in [9.17, 15) is 14.9 Å². The minimum absolute atomic E-state index is 0.146. The van der Waals surface area contributed by atoms with E-state index >= 15 is 0 Å². The van der Waals surface area contributed by atoms with Gasteiger partial charge in [0.15, 0.2) is 0 Å². The van der Waals surface area contributed by atoms with Gasteiger partial charge in [0.1, 0.15) is 5.69 Å². The van der Waals surface area contributed by atoms with Crippen LogP contribution in [0.5, 0.6) is 0 Å². The predicted octanol–water partition coefficient (Wildman–Crippen LogP) is 0.707. The average Bonchev–Trinajstić information content (AvgIpc) is 2.56. The minimum Gasteiger partial charge on any atom is -0.326 e. The summed E-state index contributed by atoms with van der Waals surface area (Å²) in [5, 5.41) is 10.7. The molecule has 1 aromatic heterocycles. The van der Waals surface area contributed by atoms with E-state index in [0.29, 0.717) is 0 Å². The Hall–Kier alpha value is -1.73. The Labute approximate surface area is 101 Å². The summed E-state index contributed by atoms with van der Waals surface area (Å²) in [6, 6.07) is 1.08. The Kier molecular flexibility index (Phi) is 2.95. The molecule has 1 atom stereocenters. The fourth-order valence-corrected chi connectivity index (χ4v) is 2.00. The molecule has 2 N–H and O–H groups in total. The lowest BCUT2D eigenvalue weighted by Crippen LogP contribution is -2.28. The van der Waals surface area contributed by atoms with E-state index in [1.54, 1.807) is 0 Å². The van der Waals surface area contributed by atoms with Crippen molar-refractivity contribution in [1.82, 2.24) is 4.98 Å². The molecule has 0 saturated carbocycles. The molecule has 1 aliphatic heterocycles. The smallest absolute Gasteiger partial charge is 0.326 e. The van der Waals surface area contributed by atoms with Gasteiger partial charge in [-0.15, -0.1) is 0 Å². The quantitative estimate of drug-likeness (QED) is 0.477. The normalized spacial score (nSPS) is 19.8.